The molecule has 1 unspecified atom stereocenters. The van der Waals surface area contributed by atoms with E-state index in [0.29, 0.717) is 11.4 Å². The number of aromatic nitrogens is 2. The zero-order chi connectivity index (χ0) is 14.7. The summed E-state index contributed by atoms with van der Waals surface area (Å²) in [6, 6.07) is 5.31. The summed E-state index contributed by atoms with van der Waals surface area (Å²) in [6.07, 6.45) is 2.84. The second-order valence-electron chi connectivity index (χ2n) is 4.78. The van der Waals surface area contributed by atoms with Crippen LogP contribution in [0.15, 0.2) is 24.4 Å². The van der Waals surface area contributed by atoms with Crippen LogP contribution in [-0.2, 0) is 0 Å². The highest BCUT2D eigenvalue weighted by atomic mass is 32.2. The number of nitrogens with one attached hydrogen (secondary N) is 1. The molecule has 1 saturated heterocycles. The molecule has 2 aromatic heterocycles. The second kappa shape index (κ2) is 6.44. The summed E-state index contributed by atoms with van der Waals surface area (Å²) in [4.78, 5) is 16.3. The standard InChI is InChI=1S/C14H15N3O2S2/c1-9-6-13(21-17-9)16-14(18)10-2-3-12(15-7-10)19-11-4-5-20-8-11/h2-3,6-7,11H,4-5,8H2,1H3,(H,16,18). The van der Waals surface area contributed by atoms with Crippen molar-refractivity contribution in [1.82, 2.24) is 9.36 Å². The number of carbonyl (C=O) groups excluding carboxylic acids is 1. The molecule has 1 atom stereocenters. The van der Waals surface area contributed by atoms with Crippen LogP contribution in [0.3, 0.4) is 0 Å². The number of aryl methyl sites for hydroxylation is 1. The molecule has 1 fully saturated rings. The van der Waals surface area contributed by atoms with Gasteiger partial charge in [-0.2, -0.15) is 16.1 Å². The van der Waals surface area contributed by atoms with Crippen molar-refractivity contribution in [3.8, 4) is 5.88 Å². The van der Waals surface area contributed by atoms with E-state index in [2.05, 4.69) is 14.7 Å². The van der Waals surface area contributed by atoms with Crippen molar-refractivity contribution in [3.63, 3.8) is 0 Å². The third-order valence-corrected chi connectivity index (χ3v) is 4.97. The largest absolute Gasteiger partial charge is 0.473 e. The summed E-state index contributed by atoms with van der Waals surface area (Å²) in [5.41, 5.74) is 1.40. The average molecular weight is 321 g/mol. The van der Waals surface area contributed by atoms with Gasteiger partial charge >= 0.3 is 0 Å². The molecule has 110 valence electrons. The molecular weight excluding hydrogens is 306 g/mol. The minimum atomic E-state index is -0.186. The SMILES string of the molecule is Cc1cc(NC(=O)c2ccc(OC3CCSC3)nc2)sn1. The molecule has 1 aliphatic heterocycles. The first-order valence-corrected chi connectivity index (χ1v) is 8.58. The summed E-state index contributed by atoms with van der Waals surface area (Å²) in [6.45, 7) is 1.89. The van der Waals surface area contributed by atoms with Gasteiger partial charge in [-0.05, 0) is 42.8 Å². The normalized spacial score (nSPS) is 17.7. The van der Waals surface area contributed by atoms with E-state index in [9.17, 15) is 4.79 Å². The van der Waals surface area contributed by atoms with E-state index >= 15 is 0 Å². The third-order valence-electron chi connectivity index (χ3n) is 3.04. The van der Waals surface area contributed by atoms with E-state index in [-0.39, 0.29) is 12.0 Å². The summed E-state index contributed by atoms with van der Waals surface area (Å²) in [7, 11) is 0. The molecule has 5 nitrogen and oxygen atoms in total. The highest BCUT2D eigenvalue weighted by molar-refractivity contribution is 7.99. The van der Waals surface area contributed by atoms with Crippen molar-refractivity contribution >= 4 is 34.2 Å². The quantitative estimate of drug-likeness (QED) is 0.938. The van der Waals surface area contributed by atoms with Gasteiger partial charge in [0.05, 0.1) is 11.3 Å². The fourth-order valence-corrected chi connectivity index (χ4v) is 3.72. The average Bonchev–Trinajstić information content (AvgIpc) is 3.12. The smallest absolute Gasteiger partial charge is 0.257 e. The lowest BCUT2D eigenvalue weighted by molar-refractivity contribution is 0.102. The molecule has 3 heterocycles. The lowest BCUT2D eigenvalue weighted by Gasteiger charge is -2.11. The summed E-state index contributed by atoms with van der Waals surface area (Å²) < 4.78 is 9.88. The van der Waals surface area contributed by atoms with Crippen LogP contribution in [0.5, 0.6) is 5.88 Å². The molecule has 0 bridgehead atoms. The van der Waals surface area contributed by atoms with Gasteiger partial charge in [0.15, 0.2) is 0 Å². The van der Waals surface area contributed by atoms with Crippen LogP contribution < -0.4 is 10.1 Å². The van der Waals surface area contributed by atoms with Gasteiger partial charge in [-0.3, -0.25) is 4.79 Å². The van der Waals surface area contributed by atoms with Crippen molar-refractivity contribution < 1.29 is 9.53 Å². The fourth-order valence-electron chi connectivity index (χ4n) is 1.97. The first-order chi connectivity index (χ1) is 10.2. The summed E-state index contributed by atoms with van der Waals surface area (Å²) in [5.74, 6) is 2.54. The minimum Gasteiger partial charge on any atom is -0.473 e. The van der Waals surface area contributed by atoms with Crippen molar-refractivity contribution in [2.75, 3.05) is 16.8 Å². The van der Waals surface area contributed by atoms with Crippen LogP contribution in [0.1, 0.15) is 22.5 Å². The lowest BCUT2D eigenvalue weighted by atomic mass is 10.2. The number of amides is 1. The molecule has 0 spiro atoms. The molecule has 7 heteroatoms. The Bertz CT molecular complexity index is 621. The Kier molecular flexibility index (Phi) is 4.40. The monoisotopic (exact) mass is 321 g/mol. The second-order valence-corrected chi connectivity index (χ2v) is 6.73. The summed E-state index contributed by atoms with van der Waals surface area (Å²) in [5, 5.41) is 3.54. The molecule has 0 radical (unpaired) electrons. The van der Waals surface area contributed by atoms with E-state index < -0.39 is 0 Å². The highest BCUT2D eigenvalue weighted by Gasteiger charge is 2.17. The number of hydrogen-bond acceptors (Lipinski definition) is 6. The van der Waals surface area contributed by atoms with Crippen LogP contribution in [0, 0.1) is 6.92 Å². The number of pyridine rings is 1. The fraction of sp³-hybridized carbons (Fsp3) is 0.357. The zero-order valence-corrected chi connectivity index (χ0v) is 13.2. The van der Waals surface area contributed by atoms with E-state index in [1.807, 2.05) is 24.8 Å². The number of rotatable bonds is 4. The molecule has 0 aliphatic carbocycles. The molecule has 1 amide bonds. The number of hydrogen-bond donors (Lipinski definition) is 1. The van der Waals surface area contributed by atoms with E-state index in [4.69, 9.17) is 4.74 Å². The van der Waals surface area contributed by atoms with Gasteiger partial charge in [0, 0.05) is 18.0 Å². The van der Waals surface area contributed by atoms with Crippen LogP contribution in [0.25, 0.3) is 0 Å². The van der Waals surface area contributed by atoms with Crippen molar-refractivity contribution in [3.05, 3.63) is 35.7 Å². The van der Waals surface area contributed by atoms with Crippen molar-refractivity contribution in [1.29, 1.82) is 0 Å². The predicted molar refractivity (Wildman–Crippen MR) is 85.4 cm³/mol. The first-order valence-electron chi connectivity index (χ1n) is 6.66. The molecule has 0 saturated carbocycles. The minimum absolute atomic E-state index is 0.186. The Morgan fingerprint density at radius 1 is 1.48 bits per heavy atom. The van der Waals surface area contributed by atoms with Crippen LogP contribution in [0.4, 0.5) is 5.00 Å². The van der Waals surface area contributed by atoms with Gasteiger partial charge in [-0.15, -0.1) is 0 Å². The molecule has 1 N–H and O–H groups in total. The maximum Gasteiger partial charge on any atom is 0.257 e. The maximum absolute atomic E-state index is 12.1. The number of anilines is 1. The number of thioether (sulfide) groups is 1. The van der Waals surface area contributed by atoms with E-state index in [1.165, 1.54) is 11.5 Å². The highest BCUT2D eigenvalue weighted by Crippen LogP contribution is 2.22. The summed E-state index contributed by atoms with van der Waals surface area (Å²) >= 11 is 3.16. The van der Waals surface area contributed by atoms with Crippen LogP contribution in [0.2, 0.25) is 0 Å². The van der Waals surface area contributed by atoms with Crippen molar-refractivity contribution in [2.24, 2.45) is 0 Å². The number of carbonyl (C=O) groups is 1. The third kappa shape index (κ3) is 3.74. The van der Waals surface area contributed by atoms with Gasteiger partial charge in [-0.1, -0.05) is 0 Å². The molecule has 3 rings (SSSR count). The van der Waals surface area contributed by atoms with Gasteiger partial charge in [0.1, 0.15) is 11.1 Å². The van der Waals surface area contributed by atoms with Gasteiger partial charge < -0.3 is 10.1 Å². The zero-order valence-electron chi connectivity index (χ0n) is 11.5. The Morgan fingerprint density at radius 3 is 3.00 bits per heavy atom. The van der Waals surface area contributed by atoms with E-state index in [1.54, 1.807) is 18.3 Å². The van der Waals surface area contributed by atoms with Crippen molar-refractivity contribution in [2.45, 2.75) is 19.4 Å². The lowest BCUT2D eigenvalue weighted by Crippen LogP contribution is -2.16. The molecule has 21 heavy (non-hydrogen) atoms. The maximum atomic E-state index is 12.1. The Labute approximate surface area is 131 Å². The first kappa shape index (κ1) is 14.3. The Hall–Kier alpha value is -1.60. The number of ether oxygens (including phenoxy) is 1. The molecule has 0 aromatic carbocycles. The Balaban J connectivity index is 1.61. The van der Waals surface area contributed by atoms with Gasteiger partial charge in [0.2, 0.25) is 5.88 Å². The van der Waals surface area contributed by atoms with Gasteiger partial charge in [0.25, 0.3) is 5.91 Å². The Morgan fingerprint density at radius 2 is 2.38 bits per heavy atom. The molecule has 2 aromatic rings. The number of nitrogens with zero attached hydrogens (tertiary/aromatic N) is 2. The van der Waals surface area contributed by atoms with Crippen LogP contribution >= 0.6 is 23.3 Å². The molecular formula is C14H15N3O2S2. The predicted octanol–water partition coefficient (Wildman–Crippen LogP) is 2.98. The van der Waals surface area contributed by atoms with Gasteiger partial charge in [-0.25, -0.2) is 4.98 Å². The topological polar surface area (TPSA) is 64.1 Å². The van der Waals surface area contributed by atoms with E-state index in [0.717, 1.165) is 28.6 Å². The van der Waals surface area contributed by atoms with Crippen LogP contribution in [-0.4, -0.2) is 32.9 Å². The molecule has 1 aliphatic rings.